The fraction of sp³-hybridized carbons (Fsp3) is 0.667. The number of hydrogen-bond donors (Lipinski definition) is 1. The Balaban J connectivity index is 0.000000252. The summed E-state index contributed by atoms with van der Waals surface area (Å²) >= 11 is 0. The third-order valence-corrected chi connectivity index (χ3v) is 5.07. The predicted molar refractivity (Wildman–Crippen MR) is 120 cm³/mol. The van der Waals surface area contributed by atoms with Crippen LogP contribution >= 0.6 is 0 Å². The average Bonchev–Trinajstić information content (AvgIpc) is 3.10. The Morgan fingerprint density at radius 1 is 1.00 bits per heavy atom. The molecule has 1 N–H and O–H groups in total. The van der Waals surface area contributed by atoms with E-state index in [-0.39, 0.29) is 0 Å². The lowest BCUT2D eigenvalue weighted by Crippen LogP contribution is -2.26. The van der Waals surface area contributed by atoms with Gasteiger partial charge in [-0.1, -0.05) is 53.4 Å². The van der Waals surface area contributed by atoms with Gasteiger partial charge in [-0.3, -0.25) is 0 Å². The molecule has 1 aromatic heterocycles. The molecule has 1 aliphatic heterocycles. The second-order valence-electron chi connectivity index (χ2n) is 7.57. The fourth-order valence-corrected chi connectivity index (χ4v) is 3.15. The van der Waals surface area contributed by atoms with Gasteiger partial charge in [0.1, 0.15) is 5.75 Å². The number of aryl methyl sites for hydroxylation is 1. The van der Waals surface area contributed by atoms with Crippen LogP contribution in [0.1, 0.15) is 72.6 Å². The molecule has 3 heteroatoms. The van der Waals surface area contributed by atoms with Gasteiger partial charge in [0.25, 0.3) is 0 Å². The summed E-state index contributed by atoms with van der Waals surface area (Å²) in [5.41, 5.74) is 1.30. The normalized spacial score (nSPS) is 14.1. The van der Waals surface area contributed by atoms with Crippen molar-refractivity contribution in [1.82, 2.24) is 9.88 Å². The first kappa shape index (κ1) is 23.6. The van der Waals surface area contributed by atoms with E-state index in [9.17, 15) is 0 Å². The molecule has 27 heavy (non-hydrogen) atoms. The first-order valence-electron chi connectivity index (χ1n) is 11.0. The van der Waals surface area contributed by atoms with E-state index in [1.54, 1.807) is 7.11 Å². The Morgan fingerprint density at radius 3 is 2.15 bits per heavy atom. The maximum absolute atomic E-state index is 5.20. The van der Waals surface area contributed by atoms with Gasteiger partial charge in [0, 0.05) is 23.6 Å². The molecule has 0 atom stereocenters. The number of hydrogen-bond acceptors (Lipinski definition) is 2. The Bertz CT molecular complexity index is 597. The van der Waals surface area contributed by atoms with Crippen LogP contribution in [-0.4, -0.2) is 24.8 Å². The number of nitrogens with one attached hydrogen (secondary N) is 1. The monoisotopic (exact) mass is 374 g/mol. The molecule has 0 spiro atoms. The summed E-state index contributed by atoms with van der Waals surface area (Å²) in [5.74, 6) is 1.90. The number of fused-ring (bicyclic) bond motifs is 1. The fourth-order valence-electron chi connectivity index (χ4n) is 3.15. The molecule has 0 radical (unpaired) electrons. The summed E-state index contributed by atoms with van der Waals surface area (Å²) in [4.78, 5) is 0. The van der Waals surface area contributed by atoms with Crippen molar-refractivity contribution in [2.24, 2.45) is 5.92 Å². The van der Waals surface area contributed by atoms with Gasteiger partial charge in [0.05, 0.1) is 7.11 Å². The van der Waals surface area contributed by atoms with Crippen LogP contribution in [0.2, 0.25) is 0 Å². The zero-order valence-electron chi connectivity index (χ0n) is 18.4. The van der Waals surface area contributed by atoms with Crippen molar-refractivity contribution in [1.29, 1.82) is 0 Å². The molecular formula is C24H42N2O. The zero-order chi connectivity index (χ0) is 19.9. The lowest BCUT2D eigenvalue weighted by atomic mass is 10.0. The minimum absolute atomic E-state index is 0.927. The van der Waals surface area contributed by atoms with Crippen LogP contribution in [0, 0.1) is 5.92 Å². The van der Waals surface area contributed by atoms with E-state index in [1.807, 2.05) is 6.07 Å². The molecule has 0 aliphatic carbocycles. The Morgan fingerprint density at radius 2 is 1.67 bits per heavy atom. The minimum Gasteiger partial charge on any atom is -0.497 e. The van der Waals surface area contributed by atoms with Gasteiger partial charge in [-0.25, -0.2) is 0 Å². The van der Waals surface area contributed by atoms with Crippen molar-refractivity contribution >= 4 is 10.9 Å². The summed E-state index contributed by atoms with van der Waals surface area (Å²) in [6.45, 7) is 12.5. The highest BCUT2D eigenvalue weighted by Gasteiger charge is 2.05. The van der Waals surface area contributed by atoms with Crippen LogP contribution in [-0.2, 0) is 6.54 Å². The second kappa shape index (κ2) is 14.6. The molecule has 1 saturated heterocycles. The van der Waals surface area contributed by atoms with E-state index in [1.165, 1.54) is 68.9 Å². The molecule has 1 fully saturated rings. The highest BCUT2D eigenvalue weighted by atomic mass is 16.5. The van der Waals surface area contributed by atoms with Gasteiger partial charge < -0.3 is 14.6 Å². The maximum atomic E-state index is 5.20. The first-order chi connectivity index (χ1) is 13.2. The van der Waals surface area contributed by atoms with Crippen LogP contribution in [0.25, 0.3) is 10.9 Å². The van der Waals surface area contributed by atoms with E-state index in [0.29, 0.717) is 0 Å². The summed E-state index contributed by atoms with van der Waals surface area (Å²) < 4.78 is 7.51. The van der Waals surface area contributed by atoms with Gasteiger partial charge in [-0.05, 0) is 62.5 Å². The summed E-state index contributed by atoms with van der Waals surface area (Å²) in [6, 6.07) is 8.37. The number of benzene rings is 1. The van der Waals surface area contributed by atoms with Crippen molar-refractivity contribution in [3.63, 3.8) is 0 Å². The smallest absolute Gasteiger partial charge is 0.119 e. The number of rotatable bonds is 6. The molecule has 3 rings (SSSR count). The zero-order valence-corrected chi connectivity index (χ0v) is 18.4. The molecule has 0 bridgehead atoms. The van der Waals surface area contributed by atoms with Gasteiger partial charge in [-0.15, -0.1) is 0 Å². The molecular weight excluding hydrogens is 332 g/mol. The van der Waals surface area contributed by atoms with Crippen molar-refractivity contribution in [2.75, 3.05) is 20.2 Å². The number of unbranched alkanes of at least 4 members (excludes halogenated alkanes) is 3. The van der Waals surface area contributed by atoms with Crippen molar-refractivity contribution in [3.05, 3.63) is 30.5 Å². The molecule has 2 heterocycles. The van der Waals surface area contributed by atoms with Crippen molar-refractivity contribution in [3.8, 4) is 5.75 Å². The minimum atomic E-state index is 0.927. The maximum Gasteiger partial charge on any atom is 0.119 e. The Hall–Kier alpha value is -1.48. The van der Waals surface area contributed by atoms with E-state index >= 15 is 0 Å². The molecule has 1 aromatic carbocycles. The van der Waals surface area contributed by atoms with Gasteiger partial charge >= 0.3 is 0 Å². The lowest BCUT2D eigenvalue weighted by molar-refractivity contribution is 0.402. The molecule has 1 aliphatic rings. The van der Waals surface area contributed by atoms with E-state index in [0.717, 1.165) is 18.2 Å². The van der Waals surface area contributed by atoms with Crippen LogP contribution in [0.15, 0.2) is 30.5 Å². The number of piperidine rings is 1. The van der Waals surface area contributed by atoms with Crippen LogP contribution < -0.4 is 10.1 Å². The lowest BCUT2D eigenvalue weighted by Gasteiger charge is -2.17. The largest absolute Gasteiger partial charge is 0.497 e. The van der Waals surface area contributed by atoms with Crippen LogP contribution in [0.5, 0.6) is 5.75 Å². The second-order valence-corrected chi connectivity index (χ2v) is 7.57. The quantitative estimate of drug-likeness (QED) is 0.612. The Kier molecular flexibility index (Phi) is 12.7. The molecule has 0 saturated carbocycles. The number of ether oxygens (including phenoxy) is 1. The number of methoxy groups -OCH3 is 1. The molecule has 2 aromatic rings. The van der Waals surface area contributed by atoms with Crippen LogP contribution in [0.4, 0.5) is 0 Å². The first-order valence-corrected chi connectivity index (χ1v) is 11.0. The van der Waals surface area contributed by atoms with Crippen molar-refractivity contribution < 1.29 is 4.74 Å². The van der Waals surface area contributed by atoms with E-state index in [2.05, 4.69) is 62.0 Å². The molecule has 0 amide bonds. The standard InChI is InChI=1S/C13H17NO.C6H13N.C5H12/c1-3-4-8-14-9-7-11-10-12(15-2)5-6-13(11)14;1-6-2-4-7-5-3-6;1-3-5-4-2/h5-7,9-10H,3-4,8H2,1-2H3;6-7H,2-5H2,1H3;3-5H2,1-2H3. The number of aromatic nitrogens is 1. The van der Waals surface area contributed by atoms with Gasteiger partial charge in [0.15, 0.2) is 0 Å². The molecule has 0 unspecified atom stereocenters. The van der Waals surface area contributed by atoms with E-state index in [4.69, 9.17) is 4.74 Å². The Labute approximate surface area is 167 Å². The highest BCUT2D eigenvalue weighted by molar-refractivity contribution is 5.81. The van der Waals surface area contributed by atoms with Gasteiger partial charge in [0.2, 0.25) is 0 Å². The molecule has 154 valence electrons. The average molecular weight is 375 g/mol. The topological polar surface area (TPSA) is 26.2 Å². The van der Waals surface area contributed by atoms with Crippen molar-refractivity contribution in [2.45, 2.75) is 79.2 Å². The summed E-state index contributed by atoms with van der Waals surface area (Å²) in [7, 11) is 1.70. The predicted octanol–water partition coefficient (Wildman–Crippen LogP) is 6.65. The highest BCUT2D eigenvalue weighted by Crippen LogP contribution is 2.22. The molecule has 3 nitrogen and oxygen atoms in total. The summed E-state index contributed by atoms with van der Waals surface area (Å²) in [5, 5.41) is 4.57. The summed E-state index contributed by atoms with van der Waals surface area (Å²) in [6.07, 6.45) is 11.4. The van der Waals surface area contributed by atoms with E-state index < -0.39 is 0 Å². The SMILES string of the molecule is CC1CCNCC1.CCCCC.CCCCn1ccc2cc(OC)ccc21. The van der Waals surface area contributed by atoms with Crippen LogP contribution in [0.3, 0.4) is 0 Å². The van der Waals surface area contributed by atoms with Gasteiger partial charge in [-0.2, -0.15) is 0 Å². The third kappa shape index (κ3) is 9.32. The number of nitrogens with zero attached hydrogens (tertiary/aromatic N) is 1. The third-order valence-electron chi connectivity index (χ3n) is 5.07.